The van der Waals surface area contributed by atoms with Crippen LogP contribution < -0.4 is 16.0 Å². The first-order valence-electron chi connectivity index (χ1n) is 10.6. The molecule has 5 nitrogen and oxygen atoms in total. The highest BCUT2D eigenvalue weighted by atomic mass is 32.1. The molecule has 2 aromatic rings. The summed E-state index contributed by atoms with van der Waals surface area (Å²) in [6.45, 7) is 1.59. The lowest BCUT2D eigenvalue weighted by atomic mass is 9.73. The SMILES string of the molecule is CN=C(NCC1CC(=O)Nc2ccccc21)NCC1(c2cccs2)CCCCC1. The van der Waals surface area contributed by atoms with Crippen molar-refractivity contribution in [3.8, 4) is 0 Å². The fourth-order valence-corrected chi connectivity index (χ4v) is 5.68. The molecule has 6 heteroatoms. The summed E-state index contributed by atoms with van der Waals surface area (Å²) in [6.07, 6.45) is 6.88. The second-order valence-corrected chi connectivity index (χ2v) is 9.11. The van der Waals surface area contributed by atoms with Crippen LogP contribution in [0.25, 0.3) is 0 Å². The number of fused-ring (bicyclic) bond motifs is 1. The minimum absolute atomic E-state index is 0.0808. The van der Waals surface area contributed by atoms with Crippen LogP contribution in [-0.4, -0.2) is 32.0 Å². The van der Waals surface area contributed by atoms with Crippen LogP contribution in [0.1, 0.15) is 54.9 Å². The van der Waals surface area contributed by atoms with Crippen molar-refractivity contribution < 1.29 is 4.79 Å². The lowest BCUT2D eigenvalue weighted by molar-refractivity contribution is -0.116. The summed E-state index contributed by atoms with van der Waals surface area (Å²) >= 11 is 1.87. The summed E-state index contributed by atoms with van der Waals surface area (Å²) in [5.41, 5.74) is 2.33. The van der Waals surface area contributed by atoms with Crippen molar-refractivity contribution in [2.45, 2.75) is 49.9 Å². The zero-order valence-corrected chi connectivity index (χ0v) is 17.9. The summed E-state index contributed by atoms with van der Waals surface area (Å²) in [6, 6.07) is 12.5. The Balaban J connectivity index is 1.40. The van der Waals surface area contributed by atoms with Crippen molar-refractivity contribution >= 4 is 28.9 Å². The number of hydrogen-bond donors (Lipinski definition) is 3. The van der Waals surface area contributed by atoms with Crippen molar-refractivity contribution in [2.75, 3.05) is 25.5 Å². The van der Waals surface area contributed by atoms with Gasteiger partial charge in [-0.3, -0.25) is 9.79 Å². The van der Waals surface area contributed by atoms with Crippen molar-refractivity contribution in [3.63, 3.8) is 0 Å². The Labute approximate surface area is 177 Å². The van der Waals surface area contributed by atoms with Gasteiger partial charge in [0.1, 0.15) is 0 Å². The normalized spacial score (nSPS) is 21.2. The van der Waals surface area contributed by atoms with Gasteiger partial charge < -0.3 is 16.0 Å². The molecule has 1 aromatic carbocycles. The second-order valence-electron chi connectivity index (χ2n) is 8.16. The number of rotatable bonds is 5. The van der Waals surface area contributed by atoms with Gasteiger partial charge in [0.25, 0.3) is 0 Å². The van der Waals surface area contributed by atoms with E-state index in [1.54, 1.807) is 0 Å². The van der Waals surface area contributed by atoms with Crippen LogP contribution in [0, 0.1) is 0 Å². The topological polar surface area (TPSA) is 65.5 Å². The lowest BCUT2D eigenvalue weighted by Crippen LogP contribution is -2.47. The number of guanidine groups is 1. The lowest BCUT2D eigenvalue weighted by Gasteiger charge is -2.37. The van der Waals surface area contributed by atoms with E-state index in [0.29, 0.717) is 13.0 Å². The fraction of sp³-hybridized carbons (Fsp3) is 0.478. The van der Waals surface area contributed by atoms with E-state index in [1.807, 2.05) is 36.6 Å². The number of benzene rings is 1. The van der Waals surface area contributed by atoms with Gasteiger partial charge in [-0.05, 0) is 35.9 Å². The van der Waals surface area contributed by atoms with Crippen molar-refractivity contribution in [1.29, 1.82) is 0 Å². The summed E-state index contributed by atoms with van der Waals surface area (Å²) in [4.78, 5) is 18.0. The number of carbonyl (C=O) groups is 1. The number of nitrogens with zero attached hydrogens (tertiary/aromatic N) is 1. The molecular weight excluding hydrogens is 380 g/mol. The first-order chi connectivity index (χ1) is 14.2. The molecule has 2 heterocycles. The molecular formula is C23H30N4OS. The van der Waals surface area contributed by atoms with Crippen molar-refractivity contribution in [1.82, 2.24) is 10.6 Å². The third-order valence-corrected chi connectivity index (χ3v) is 7.41. The van der Waals surface area contributed by atoms with E-state index in [0.717, 1.165) is 18.2 Å². The van der Waals surface area contributed by atoms with Crippen LogP contribution >= 0.6 is 11.3 Å². The van der Waals surface area contributed by atoms with Crippen LogP contribution in [0.2, 0.25) is 0 Å². The van der Waals surface area contributed by atoms with E-state index in [9.17, 15) is 4.79 Å². The monoisotopic (exact) mass is 410 g/mol. The average molecular weight is 411 g/mol. The quantitative estimate of drug-likeness (QED) is 0.510. The van der Waals surface area contributed by atoms with Gasteiger partial charge in [-0.15, -0.1) is 11.3 Å². The van der Waals surface area contributed by atoms with Gasteiger partial charge >= 0.3 is 0 Å². The maximum absolute atomic E-state index is 12.1. The Hall–Kier alpha value is -2.34. The number of thiophene rings is 1. The predicted octanol–water partition coefficient (Wildman–Crippen LogP) is 4.24. The molecule has 1 aliphatic heterocycles. The van der Waals surface area contributed by atoms with Gasteiger partial charge in [-0.25, -0.2) is 0 Å². The minimum atomic E-state index is 0.0808. The van der Waals surface area contributed by atoms with Gasteiger partial charge in [-0.1, -0.05) is 43.5 Å². The molecule has 4 rings (SSSR count). The first-order valence-corrected chi connectivity index (χ1v) is 11.5. The molecule has 29 heavy (non-hydrogen) atoms. The van der Waals surface area contributed by atoms with E-state index in [2.05, 4.69) is 44.5 Å². The number of aliphatic imine (C=N–C) groups is 1. The van der Waals surface area contributed by atoms with E-state index in [-0.39, 0.29) is 17.2 Å². The maximum atomic E-state index is 12.1. The molecule has 1 aliphatic carbocycles. The Morgan fingerprint density at radius 2 is 2.00 bits per heavy atom. The van der Waals surface area contributed by atoms with Crippen LogP contribution in [-0.2, 0) is 10.2 Å². The third kappa shape index (κ3) is 4.47. The highest BCUT2D eigenvalue weighted by molar-refractivity contribution is 7.10. The van der Waals surface area contributed by atoms with E-state index in [4.69, 9.17) is 0 Å². The third-order valence-electron chi connectivity index (χ3n) is 6.29. The number of carbonyl (C=O) groups excluding carboxylic acids is 1. The van der Waals surface area contributed by atoms with Gasteiger partial charge in [0.05, 0.1) is 0 Å². The van der Waals surface area contributed by atoms with Crippen molar-refractivity contribution in [3.05, 3.63) is 52.2 Å². The number of para-hydroxylation sites is 1. The maximum Gasteiger partial charge on any atom is 0.225 e. The van der Waals surface area contributed by atoms with Crippen molar-refractivity contribution in [2.24, 2.45) is 4.99 Å². The Morgan fingerprint density at radius 3 is 2.76 bits per heavy atom. The highest BCUT2D eigenvalue weighted by Crippen LogP contribution is 2.41. The Morgan fingerprint density at radius 1 is 1.17 bits per heavy atom. The molecule has 1 saturated carbocycles. The molecule has 1 unspecified atom stereocenters. The van der Waals surface area contributed by atoms with Gasteiger partial charge in [0, 0.05) is 48.5 Å². The number of amides is 1. The second kappa shape index (κ2) is 8.99. The predicted molar refractivity (Wildman–Crippen MR) is 121 cm³/mol. The van der Waals surface area contributed by atoms with E-state index >= 15 is 0 Å². The highest BCUT2D eigenvalue weighted by Gasteiger charge is 2.35. The zero-order valence-electron chi connectivity index (χ0n) is 17.0. The molecule has 1 atom stereocenters. The Bertz CT molecular complexity index is 856. The molecule has 1 aromatic heterocycles. The van der Waals surface area contributed by atoms with Gasteiger partial charge in [0.15, 0.2) is 5.96 Å². The summed E-state index contributed by atoms with van der Waals surface area (Å²) < 4.78 is 0. The standard InChI is InChI=1S/C23H30N4OS/c1-24-22(25-15-17-14-21(28)27-19-9-4-3-8-18(17)19)26-16-23(11-5-2-6-12-23)20-10-7-13-29-20/h3-4,7-10,13,17H,2,5-6,11-12,14-16H2,1H3,(H,27,28)(H2,24,25,26). The van der Waals surface area contributed by atoms with Crippen LogP contribution in [0.4, 0.5) is 5.69 Å². The Kier molecular flexibility index (Phi) is 6.19. The molecule has 0 bridgehead atoms. The molecule has 0 radical (unpaired) electrons. The number of nitrogens with one attached hydrogen (secondary N) is 3. The summed E-state index contributed by atoms with van der Waals surface area (Å²) in [7, 11) is 1.82. The molecule has 1 amide bonds. The first kappa shape index (κ1) is 20.0. The zero-order chi connectivity index (χ0) is 20.1. The molecule has 3 N–H and O–H groups in total. The molecule has 1 fully saturated rings. The smallest absolute Gasteiger partial charge is 0.225 e. The van der Waals surface area contributed by atoms with E-state index in [1.165, 1.54) is 42.5 Å². The number of anilines is 1. The van der Waals surface area contributed by atoms with Crippen LogP contribution in [0.3, 0.4) is 0 Å². The molecule has 154 valence electrons. The number of hydrogen-bond acceptors (Lipinski definition) is 3. The van der Waals surface area contributed by atoms with E-state index < -0.39 is 0 Å². The summed E-state index contributed by atoms with van der Waals surface area (Å²) in [5.74, 6) is 1.05. The fourth-order valence-electron chi connectivity index (χ4n) is 4.70. The molecule has 0 spiro atoms. The largest absolute Gasteiger partial charge is 0.356 e. The van der Waals surface area contributed by atoms with Gasteiger partial charge in [0.2, 0.25) is 5.91 Å². The minimum Gasteiger partial charge on any atom is -0.356 e. The average Bonchev–Trinajstić information content (AvgIpc) is 3.30. The van der Waals surface area contributed by atoms with Crippen LogP contribution in [0.5, 0.6) is 0 Å². The molecule has 2 aliphatic rings. The summed E-state index contributed by atoms with van der Waals surface area (Å²) in [5, 5.41) is 12.2. The molecule has 0 saturated heterocycles. The van der Waals surface area contributed by atoms with Gasteiger partial charge in [-0.2, -0.15) is 0 Å². The van der Waals surface area contributed by atoms with Crippen LogP contribution in [0.15, 0.2) is 46.8 Å².